The number of carbonyl (C=O) groups is 1. The number of hydrogen-bond acceptors (Lipinski definition) is 2. The second kappa shape index (κ2) is 6.94. The van der Waals surface area contributed by atoms with Crippen LogP contribution in [0, 0.1) is 18.8 Å². The van der Waals surface area contributed by atoms with Gasteiger partial charge in [-0.3, -0.25) is 4.79 Å². The van der Waals surface area contributed by atoms with Crippen molar-refractivity contribution in [3.63, 3.8) is 0 Å². The number of amides is 1. The summed E-state index contributed by atoms with van der Waals surface area (Å²) in [6, 6.07) is 12.6. The molecular formula is C17H15ClN2O. The molecule has 0 saturated heterocycles. The SMILES string of the molecule is Cc1ccc(C#CCN)cc1NC(=O)c1ccccc1Cl. The summed E-state index contributed by atoms with van der Waals surface area (Å²) in [7, 11) is 0. The van der Waals surface area contributed by atoms with Gasteiger partial charge in [0, 0.05) is 11.3 Å². The molecule has 2 aromatic rings. The van der Waals surface area contributed by atoms with Gasteiger partial charge in [0.25, 0.3) is 5.91 Å². The molecule has 0 radical (unpaired) electrons. The summed E-state index contributed by atoms with van der Waals surface area (Å²) in [5, 5.41) is 3.28. The Morgan fingerprint density at radius 1 is 1.29 bits per heavy atom. The quantitative estimate of drug-likeness (QED) is 0.837. The summed E-state index contributed by atoms with van der Waals surface area (Å²) < 4.78 is 0. The largest absolute Gasteiger partial charge is 0.322 e. The normalized spacial score (nSPS) is 9.67. The molecule has 3 nitrogen and oxygen atoms in total. The highest BCUT2D eigenvalue weighted by atomic mass is 35.5. The van der Waals surface area contributed by atoms with E-state index in [4.69, 9.17) is 17.3 Å². The molecule has 0 saturated carbocycles. The first-order valence-corrected chi connectivity index (χ1v) is 6.85. The first-order valence-electron chi connectivity index (χ1n) is 6.47. The number of nitrogens with one attached hydrogen (secondary N) is 1. The molecule has 0 spiro atoms. The Kier molecular flexibility index (Phi) is 4.99. The maximum atomic E-state index is 12.3. The van der Waals surface area contributed by atoms with Gasteiger partial charge in [0.05, 0.1) is 17.1 Å². The highest BCUT2D eigenvalue weighted by Crippen LogP contribution is 2.20. The minimum atomic E-state index is -0.243. The van der Waals surface area contributed by atoms with Gasteiger partial charge in [0.15, 0.2) is 0 Å². The van der Waals surface area contributed by atoms with Gasteiger partial charge in [-0.15, -0.1) is 0 Å². The van der Waals surface area contributed by atoms with Crippen LogP contribution in [0.1, 0.15) is 21.5 Å². The van der Waals surface area contributed by atoms with Crippen LogP contribution in [0.2, 0.25) is 5.02 Å². The molecule has 0 atom stereocenters. The van der Waals surface area contributed by atoms with Crippen molar-refractivity contribution >= 4 is 23.2 Å². The fraction of sp³-hybridized carbons (Fsp3) is 0.118. The number of hydrogen-bond donors (Lipinski definition) is 2. The van der Waals surface area contributed by atoms with Gasteiger partial charge in [0.2, 0.25) is 0 Å². The third-order valence-electron chi connectivity index (χ3n) is 2.94. The maximum absolute atomic E-state index is 12.3. The fourth-order valence-corrected chi connectivity index (χ4v) is 2.04. The van der Waals surface area contributed by atoms with Crippen molar-refractivity contribution in [1.29, 1.82) is 0 Å². The molecule has 106 valence electrons. The zero-order chi connectivity index (χ0) is 15.2. The van der Waals surface area contributed by atoms with Gasteiger partial charge >= 0.3 is 0 Å². The van der Waals surface area contributed by atoms with E-state index in [1.807, 2.05) is 25.1 Å². The Balaban J connectivity index is 2.27. The van der Waals surface area contributed by atoms with Gasteiger partial charge in [-0.25, -0.2) is 0 Å². The monoisotopic (exact) mass is 298 g/mol. The molecule has 2 rings (SSSR count). The average Bonchev–Trinajstić information content (AvgIpc) is 2.48. The number of benzene rings is 2. The van der Waals surface area contributed by atoms with Crippen molar-refractivity contribution in [3.05, 3.63) is 64.2 Å². The van der Waals surface area contributed by atoms with Crippen LogP contribution < -0.4 is 11.1 Å². The first kappa shape index (κ1) is 15.1. The number of anilines is 1. The summed E-state index contributed by atoms with van der Waals surface area (Å²) in [5.41, 5.74) is 8.27. The van der Waals surface area contributed by atoms with E-state index in [0.29, 0.717) is 22.8 Å². The number of rotatable bonds is 2. The molecule has 1 amide bonds. The van der Waals surface area contributed by atoms with Crippen LogP contribution in [-0.4, -0.2) is 12.5 Å². The Hall–Kier alpha value is -2.28. The molecule has 3 N–H and O–H groups in total. The van der Waals surface area contributed by atoms with Crippen LogP contribution in [0.4, 0.5) is 5.69 Å². The molecule has 2 aromatic carbocycles. The smallest absolute Gasteiger partial charge is 0.257 e. The van der Waals surface area contributed by atoms with E-state index in [0.717, 1.165) is 11.1 Å². The zero-order valence-corrected chi connectivity index (χ0v) is 12.4. The molecule has 0 aliphatic carbocycles. The van der Waals surface area contributed by atoms with E-state index in [9.17, 15) is 4.79 Å². The molecule has 0 unspecified atom stereocenters. The lowest BCUT2D eigenvalue weighted by Gasteiger charge is -2.10. The van der Waals surface area contributed by atoms with Crippen LogP contribution in [0.3, 0.4) is 0 Å². The predicted molar refractivity (Wildman–Crippen MR) is 86.5 cm³/mol. The van der Waals surface area contributed by atoms with Gasteiger partial charge in [-0.2, -0.15) is 0 Å². The molecular weight excluding hydrogens is 284 g/mol. The maximum Gasteiger partial charge on any atom is 0.257 e. The van der Waals surface area contributed by atoms with E-state index in [2.05, 4.69) is 17.2 Å². The number of nitrogens with two attached hydrogens (primary N) is 1. The second-order valence-electron chi connectivity index (χ2n) is 4.47. The van der Waals surface area contributed by atoms with Crippen LogP contribution in [0.25, 0.3) is 0 Å². The molecule has 21 heavy (non-hydrogen) atoms. The van der Waals surface area contributed by atoms with Gasteiger partial charge in [0.1, 0.15) is 0 Å². The number of carbonyl (C=O) groups excluding carboxylic acids is 1. The topological polar surface area (TPSA) is 55.1 Å². The van der Waals surface area contributed by atoms with Crippen molar-refractivity contribution in [3.8, 4) is 11.8 Å². The van der Waals surface area contributed by atoms with Crippen molar-refractivity contribution in [1.82, 2.24) is 0 Å². The molecule has 4 heteroatoms. The lowest BCUT2D eigenvalue weighted by molar-refractivity contribution is 0.102. The summed E-state index contributed by atoms with van der Waals surface area (Å²) >= 11 is 6.03. The fourth-order valence-electron chi connectivity index (χ4n) is 1.82. The van der Waals surface area contributed by atoms with Crippen LogP contribution in [0.5, 0.6) is 0 Å². The molecule has 0 heterocycles. The summed E-state index contributed by atoms with van der Waals surface area (Å²) in [6.45, 7) is 2.22. The van der Waals surface area contributed by atoms with E-state index < -0.39 is 0 Å². The summed E-state index contributed by atoms with van der Waals surface area (Å²) in [6.07, 6.45) is 0. The third-order valence-corrected chi connectivity index (χ3v) is 3.27. The van der Waals surface area contributed by atoms with E-state index in [1.165, 1.54) is 0 Å². The van der Waals surface area contributed by atoms with Gasteiger partial charge in [-0.1, -0.05) is 41.6 Å². The van der Waals surface area contributed by atoms with Gasteiger partial charge < -0.3 is 11.1 Å². The first-order chi connectivity index (χ1) is 10.1. The van der Waals surface area contributed by atoms with Crippen molar-refractivity contribution in [2.45, 2.75) is 6.92 Å². The molecule has 0 bridgehead atoms. The minimum Gasteiger partial charge on any atom is -0.322 e. The van der Waals surface area contributed by atoms with Gasteiger partial charge in [-0.05, 0) is 36.8 Å². The van der Waals surface area contributed by atoms with Crippen LogP contribution >= 0.6 is 11.6 Å². The van der Waals surface area contributed by atoms with Crippen LogP contribution in [0.15, 0.2) is 42.5 Å². The predicted octanol–water partition coefficient (Wildman–Crippen LogP) is 3.21. The van der Waals surface area contributed by atoms with Crippen LogP contribution in [-0.2, 0) is 0 Å². The lowest BCUT2D eigenvalue weighted by Crippen LogP contribution is -2.13. The Morgan fingerprint density at radius 2 is 2.05 bits per heavy atom. The Labute approximate surface area is 129 Å². The van der Waals surface area contributed by atoms with E-state index in [-0.39, 0.29) is 5.91 Å². The standard InChI is InChI=1S/C17H15ClN2O/c1-12-8-9-13(5-4-10-19)11-16(12)20-17(21)14-6-2-3-7-15(14)18/h2-3,6-9,11H,10,19H2,1H3,(H,20,21). The Morgan fingerprint density at radius 3 is 2.76 bits per heavy atom. The minimum absolute atomic E-state index is 0.243. The molecule has 0 fully saturated rings. The molecule has 0 aliphatic rings. The zero-order valence-electron chi connectivity index (χ0n) is 11.6. The van der Waals surface area contributed by atoms with Crippen molar-refractivity contribution in [2.24, 2.45) is 5.73 Å². The summed E-state index contributed by atoms with van der Waals surface area (Å²) in [5.74, 6) is 5.49. The second-order valence-corrected chi connectivity index (χ2v) is 4.88. The van der Waals surface area contributed by atoms with E-state index >= 15 is 0 Å². The van der Waals surface area contributed by atoms with Crippen molar-refractivity contribution in [2.75, 3.05) is 11.9 Å². The van der Waals surface area contributed by atoms with E-state index in [1.54, 1.807) is 24.3 Å². The summed E-state index contributed by atoms with van der Waals surface area (Å²) in [4.78, 5) is 12.3. The third kappa shape index (κ3) is 3.85. The highest BCUT2D eigenvalue weighted by molar-refractivity contribution is 6.34. The number of aryl methyl sites for hydroxylation is 1. The molecule has 0 aliphatic heterocycles. The Bertz CT molecular complexity index is 729. The average molecular weight is 299 g/mol. The highest BCUT2D eigenvalue weighted by Gasteiger charge is 2.11. The number of halogens is 1. The lowest BCUT2D eigenvalue weighted by atomic mass is 10.1. The molecule has 0 aromatic heterocycles. The van der Waals surface area contributed by atoms with Crippen molar-refractivity contribution < 1.29 is 4.79 Å².